The Morgan fingerprint density at radius 3 is 2.33 bits per heavy atom. The molecule has 4 aromatic rings. The fourth-order valence-corrected chi connectivity index (χ4v) is 5.00. The van der Waals surface area contributed by atoms with Crippen LogP contribution in [0.15, 0.2) is 77.7 Å². The molecule has 1 aliphatic heterocycles. The zero-order chi connectivity index (χ0) is 30.7. The first kappa shape index (κ1) is 29.7. The van der Waals surface area contributed by atoms with Crippen molar-refractivity contribution >= 4 is 29.0 Å². The zero-order valence-corrected chi connectivity index (χ0v) is 25.2. The molecule has 1 aromatic heterocycles. The molecule has 0 aliphatic carbocycles. The topological polar surface area (TPSA) is 106 Å². The maximum atomic E-state index is 13.1. The van der Waals surface area contributed by atoms with Crippen LogP contribution >= 0.6 is 0 Å². The molecule has 1 fully saturated rings. The van der Waals surface area contributed by atoms with Gasteiger partial charge in [0.15, 0.2) is 5.82 Å². The molecule has 1 saturated heterocycles. The summed E-state index contributed by atoms with van der Waals surface area (Å²) in [5, 5.41) is 6.14. The van der Waals surface area contributed by atoms with Gasteiger partial charge in [-0.1, -0.05) is 51.1 Å². The number of anilines is 3. The number of aryl methyl sites for hydroxylation is 1. The highest BCUT2D eigenvalue weighted by molar-refractivity contribution is 6.05. The molecular weight excluding hydrogens is 542 g/mol. The summed E-state index contributed by atoms with van der Waals surface area (Å²) in [7, 11) is 1.67. The van der Waals surface area contributed by atoms with Gasteiger partial charge in [0.05, 0.1) is 18.9 Å². The molecule has 2 heterocycles. The quantitative estimate of drug-likeness (QED) is 0.312. The second-order valence-corrected chi connectivity index (χ2v) is 11.8. The Kier molecular flexibility index (Phi) is 8.45. The number of hydrogen-bond donors (Lipinski definition) is 2. The first-order valence-corrected chi connectivity index (χ1v) is 14.3. The summed E-state index contributed by atoms with van der Waals surface area (Å²) in [5.74, 6) is -0.159. The Morgan fingerprint density at radius 2 is 1.63 bits per heavy atom. The summed E-state index contributed by atoms with van der Waals surface area (Å²) in [5.41, 5.74) is 5.32. The molecule has 222 valence electrons. The van der Waals surface area contributed by atoms with E-state index in [4.69, 9.17) is 4.74 Å². The minimum atomic E-state index is -0.311. The summed E-state index contributed by atoms with van der Waals surface area (Å²) in [4.78, 5) is 45.6. The standard InChI is InChI=1S/C34H37N5O4/c1-22-27(10-7-11-28(22)37-31(40)23-12-14-25(15-13-23)34(2,3)4)29-21-38(5)33(42)30(36-29)35-26-9-6-8-24(20-26)32(41)39-16-18-43-19-17-39/h6-15,20-21H,16-19H2,1-5H3,(H,35,36)(H,37,40). The van der Waals surface area contributed by atoms with Gasteiger partial charge in [-0.2, -0.15) is 0 Å². The van der Waals surface area contributed by atoms with E-state index in [1.807, 2.05) is 49.4 Å². The highest BCUT2D eigenvalue weighted by Crippen LogP contribution is 2.29. The lowest BCUT2D eigenvalue weighted by atomic mass is 9.86. The predicted octanol–water partition coefficient (Wildman–Crippen LogP) is 5.52. The van der Waals surface area contributed by atoms with Crippen LogP contribution in [0.25, 0.3) is 11.3 Å². The fourth-order valence-electron chi connectivity index (χ4n) is 5.00. The highest BCUT2D eigenvalue weighted by atomic mass is 16.5. The smallest absolute Gasteiger partial charge is 0.293 e. The number of carbonyl (C=O) groups is 2. The van der Waals surface area contributed by atoms with E-state index < -0.39 is 0 Å². The van der Waals surface area contributed by atoms with Gasteiger partial charge in [0.25, 0.3) is 17.4 Å². The van der Waals surface area contributed by atoms with Crippen molar-refractivity contribution < 1.29 is 14.3 Å². The third-order valence-corrected chi connectivity index (χ3v) is 7.61. The summed E-state index contributed by atoms with van der Waals surface area (Å²) in [6, 6.07) is 20.3. The van der Waals surface area contributed by atoms with Gasteiger partial charge in [0.1, 0.15) is 0 Å². The summed E-state index contributed by atoms with van der Waals surface area (Å²) in [6.45, 7) is 10.4. The Labute approximate surface area is 251 Å². The number of morpholine rings is 1. The molecule has 0 unspecified atom stereocenters. The number of ether oxygens (including phenoxy) is 1. The summed E-state index contributed by atoms with van der Waals surface area (Å²) in [6.07, 6.45) is 1.67. The molecule has 0 spiro atoms. The average Bonchev–Trinajstić information content (AvgIpc) is 3.00. The van der Waals surface area contributed by atoms with E-state index in [9.17, 15) is 14.4 Å². The third kappa shape index (κ3) is 6.67. The molecule has 0 bridgehead atoms. The molecule has 0 radical (unpaired) electrons. The van der Waals surface area contributed by atoms with Gasteiger partial charge in [-0.15, -0.1) is 0 Å². The number of carbonyl (C=O) groups excluding carboxylic acids is 2. The number of nitrogens with one attached hydrogen (secondary N) is 2. The molecule has 2 N–H and O–H groups in total. The summed E-state index contributed by atoms with van der Waals surface area (Å²) < 4.78 is 6.82. The van der Waals surface area contributed by atoms with Gasteiger partial charge in [0, 0.05) is 54.4 Å². The second kappa shape index (κ2) is 12.2. The van der Waals surface area contributed by atoms with Crippen LogP contribution in [-0.4, -0.2) is 52.6 Å². The third-order valence-electron chi connectivity index (χ3n) is 7.61. The van der Waals surface area contributed by atoms with Crippen molar-refractivity contribution in [3.05, 3.63) is 106 Å². The Balaban J connectivity index is 1.39. The molecular formula is C34H37N5O4. The molecule has 5 rings (SSSR count). The predicted molar refractivity (Wildman–Crippen MR) is 169 cm³/mol. The van der Waals surface area contributed by atoms with Gasteiger partial charge >= 0.3 is 0 Å². The fraction of sp³-hybridized carbons (Fsp3) is 0.294. The number of rotatable bonds is 6. The van der Waals surface area contributed by atoms with Crippen LogP contribution < -0.4 is 16.2 Å². The van der Waals surface area contributed by atoms with Crippen molar-refractivity contribution in [1.82, 2.24) is 14.5 Å². The lowest BCUT2D eigenvalue weighted by Crippen LogP contribution is -2.40. The van der Waals surface area contributed by atoms with Crippen molar-refractivity contribution in [2.45, 2.75) is 33.1 Å². The Hall–Kier alpha value is -4.76. The molecule has 2 amide bonds. The minimum Gasteiger partial charge on any atom is -0.378 e. The number of amides is 2. The van der Waals surface area contributed by atoms with Crippen molar-refractivity contribution in [3.63, 3.8) is 0 Å². The number of nitrogens with zero attached hydrogens (tertiary/aromatic N) is 3. The number of benzene rings is 3. The van der Waals surface area contributed by atoms with Gasteiger partial charge in [-0.05, 0) is 59.9 Å². The van der Waals surface area contributed by atoms with Crippen LogP contribution in [-0.2, 0) is 17.2 Å². The van der Waals surface area contributed by atoms with E-state index >= 15 is 0 Å². The van der Waals surface area contributed by atoms with E-state index in [2.05, 4.69) is 36.4 Å². The van der Waals surface area contributed by atoms with E-state index in [1.165, 1.54) is 4.57 Å². The lowest BCUT2D eigenvalue weighted by molar-refractivity contribution is 0.0303. The van der Waals surface area contributed by atoms with E-state index in [-0.39, 0.29) is 28.6 Å². The first-order chi connectivity index (χ1) is 20.5. The van der Waals surface area contributed by atoms with E-state index in [1.54, 1.807) is 42.4 Å². The van der Waals surface area contributed by atoms with E-state index in [0.29, 0.717) is 54.5 Å². The van der Waals surface area contributed by atoms with Crippen molar-refractivity contribution in [2.24, 2.45) is 7.05 Å². The Bertz CT molecular complexity index is 1710. The summed E-state index contributed by atoms with van der Waals surface area (Å²) >= 11 is 0. The van der Waals surface area contributed by atoms with Gasteiger partial charge in [-0.25, -0.2) is 4.98 Å². The first-order valence-electron chi connectivity index (χ1n) is 14.3. The van der Waals surface area contributed by atoms with Crippen LogP contribution in [0.5, 0.6) is 0 Å². The van der Waals surface area contributed by atoms with Gasteiger partial charge in [0.2, 0.25) is 0 Å². The maximum Gasteiger partial charge on any atom is 0.293 e. The molecule has 3 aromatic carbocycles. The van der Waals surface area contributed by atoms with Crippen LogP contribution in [0, 0.1) is 6.92 Å². The molecule has 9 nitrogen and oxygen atoms in total. The largest absolute Gasteiger partial charge is 0.378 e. The SMILES string of the molecule is Cc1c(NC(=O)c2ccc(C(C)(C)C)cc2)cccc1-c1cn(C)c(=O)c(Nc2cccc(C(=O)N3CCOCC3)c2)n1. The molecule has 1 aliphatic rings. The maximum absolute atomic E-state index is 13.1. The zero-order valence-electron chi connectivity index (χ0n) is 25.2. The normalized spacial score (nSPS) is 13.5. The van der Waals surface area contributed by atoms with Gasteiger partial charge < -0.3 is 24.8 Å². The highest BCUT2D eigenvalue weighted by Gasteiger charge is 2.20. The number of hydrogen-bond acceptors (Lipinski definition) is 6. The molecule has 0 atom stereocenters. The minimum absolute atomic E-state index is 0.000440. The van der Waals surface area contributed by atoms with Crippen LogP contribution in [0.1, 0.15) is 52.6 Å². The van der Waals surface area contributed by atoms with Crippen LogP contribution in [0.3, 0.4) is 0 Å². The molecule has 43 heavy (non-hydrogen) atoms. The van der Waals surface area contributed by atoms with E-state index in [0.717, 1.165) is 16.7 Å². The van der Waals surface area contributed by atoms with Crippen LogP contribution in [0.4, 0.5) is 17.2 Å². The van der Waals surface area contributed by atoms with Crippen molar-refractivity contribution in [1.29, 1.82) is 0 Å². The Morgan fingerprint density at radius 1 is 0.930 bits per heavy atom. The monoisotopic (exact) mass is 579 g/mol. The van der Waals surface area contributed by atoms with Crippen molar-refractivity contribution in [3.8, 4) is 11.3 Å². The molecule has 9 heteroatoms. The number of aromatic nitrogens is 2. The molecule has 0 saturated carbocycles. The van der Waals surface area contributed by atoms with Gasteiger partial charge in [-0.3, -0.25) is 14.4 Å². The second-order valence-electron chi connectivity index (χ2n) is 11.8. The lowest BCUT2D eigenvalue weighted by Gasteiger charge is -2.27. The average molecular weight is 580 g/mol. The van der Waals surface area contributed by atoms with Crippen LogP contribution in [0.2, 0.25) is 0 Å². The van der Waals surface area contributed by atoms with Crippen molar-refractivity contribution in [2.75, 3.05) is 36.9 Å².